The predicted octanol–water partition coefficient (Wildman–Crippen LogP) is 1.31. The summed E-state index contributed by atoms with van der Waals surface area (Å²) < 4.78 is 0. The summed E-state index contributed by atoms with van der Waals surface area (Å²) in [5.74, 6) is -0.767. The molecule has 0 radical (unpaired) electrons. The summed E-state index contributed by atoms with van der Waals surface area (Å²) >= 11 is 0. The van der Waals surface area contributed by atoms with Crippen molar-refractivity contribution in [1.29, 1.82) is 0 Å². The zero-order valence-electron chi connectivity index (χ0n) is 15.5. The third-order valence-corrected chi connectivity index (χ3v) is 5.08. The fraction of sp³-hybridized carbons (Fsp3) is 0.474. The molecule has 0 spiro atoms. The minimum atomic E-state index is -0.837. The fourth-order valence-corrected chi connectivity index (χ4v) is 3.63. The number of carbonyl (C=O) groups excluding carboxylic acids is 1. The Balaban J connectivity index is 1.79. The van der Waals surface area contributed by atoms with Crippen LogP contribution in [0.3, 0.4) is 0 Å². The second-order valence-electron chi connectivity index (χ2n) is 7.05. The number of H-pyrrole nitrogens is 1. The van der Waals surface area contributed by atoms with Crippen LogP contribution in [0.5, 0.6) is 0 Å². The van der Waals surface area contributed by atoms with E-state index in [2.05, 4.69) is 9.88 Å². The molecule has 1 aliphatic rings. The number of carboxylic acid groups (broad SMARTS) is 1. The number of nitrogens with one attached hydrogen (secondary N) is 1. The van der Waals surface area contributed by atoms with E-state index in [0.717, 1.165) is 22.2 Å². The van der Waals surface area contributed by atoms with E-state index < -0.39 is 12.0 Å². The largest absolute Gasteiger partial charge is 0.480 e. The number of para-hydroxylation sites is 1. The van der Waals surface area contributed by atoms with E-state index in [4.69, 9.17) is 0 Å². The number of rotatable bonds is 5. The number of fused-ring (bicyclic) bond motifs is 1. The molecule has 1 amide bonds. The molecule has 0 bridgehead atoms. The van der Waals surface area contributed by atoms with Gasteiger partial charge in [0.2, 0.25) is 5.91 Å². The van der Waals surface area contributed by atoms with Gasteiger partial charge in [0.15, 0.2) is 0 Å². The SMILES string of the molecule is Cc1[nH]c2ccccc2c1C(C(=O)O)N1CCN(CC(=O)N(C)C)CC1. The number of aromatic nitrogens is 1. The van der Waals surface area contributed by atoms with Crippen molar-refractivity contribution >= 4 is 22.8 Å². The van der Waals surface area contributed by atoms with E-state index in [1.54, 1.807) is 19.0 Å². The van der Waals surface area contributed by atoms with Crippen molar-refractivity contribution in [2.45, 2.75) is 13.0 Å². The molecule has 1 atom stereocenters. The third-order valence-electron chi connectivity index (χ3n) is 5.08. The molecule has 2 N–H and O–H groups in total. The topological polar surface area (TPSA) is 79.9 Å². The minimum Gasteiger partial charge on any atom is -0.480 e. The van der Waals surface area contributed by atoms with Crippen LogP contribution < -0.4 is 0 Å². The maximum atomic E-state index is 12.1. The molecule has 1 aliphatic heterocycles. The molecule has 1 unspecified atom stereocenters. The van der Waals surface area contributed by atoms with Gasteiger partial charge >= 0.3 is 5.97 Å². The number of piperazine rings is 1. The number of aromatic amines is 1. The van der Waals surface area contributed by atoms with E-state index >= 15 is 0 Å². The molecule has 1 saturated heterocycles. The second kappa shape index (κ2) is 7.47. The van der Waals surface area contributed by atoms with Crippen molar-refractivity contribution in [2.75, 3.05) is 46.8 Å². The molecule has 2 heterocycles. The zero-order valence-corrected chi connectivity index (χ0v) is 15.5. The van der Waals surface area contributed by atoms with Crippen LogP contribution >= 0.6 is 0 Å². The van der Waals surface area contributed by atoms with Gasteiger partial charge in [-0.15, -0.1) is 0 Å². The van der Waals surface area contributed by atoms with Crippen LogP contribution in [0.25, 0.3) is 10.9 Å². The first-order valence-electron chi connectivity index (χ1n) is 8.85. The van der Waals surface area contributed by atoms with Crippen LogP contribution in [0.15, 0.2) is 24.3 Å². The van der Waals surface area contributed by atoms with Crippen LogP contribution in [0.4, 0.5) is 0 Å². The molecule has 1 aromatic heterocycles. The van der Waals surface area contributed by atoms with Crippen LogP contribution in [0.1, 0.15) is 17.3 Å². The summed E-state index contributed by atoms with van der Waals surface area (Å²) in [7, 11) is 3.50. The predicted molar refractivity (Wildman–Crippen MR) is 100 cm³/mol. The molecule has 2 aromatic rings. The third kappa shape index (κ3) is 3.59. The molecule has 3 rings (SSSR count). The second-order valence-corrected chi connectivity index (χ2v) is 7.05. The lowest BCUT2D eigenvalue weighted by atomic mass is 10.0. The van der Waals surface area contributed by atoms with Gasteiger partial charge in [-0.25, -0.2) is 0 Å². The number of likely N-dealkylation sites (N-methyl/N-ethyl adjacent to an activating group) is 1. The molecule has 1 fully saturated rings. The number of carboxylic acids is 1. The summed E-state index contributed by atoms with van der Waals surface area (Å²) in [5, 5.41) is 10.9. The van der Waals surface area contributed by atoms with Gasteiger partial charge < -0.3 is 15.0 Å². The molecule has 1 aromatic carbocycles. The average molecular weight is 358 g/mol. The van der Waals surface area contributed by atoms with E-state index in [0.29, 0.717) is 32.7 Å². The van der Waals surface area contributed by atoms with Gasteiger partial charge in [0, 0.05) is 62.4 Å². The number of aryl methyl sites for hydroxylation is 1. The Morgan fingerprint density at radius 1 is 1.19 bits per heavy atom. The Bertz CT molecular complexity index is 806. The highest BCUT2D eigenvalue weighted by atomic mass is 16.4. The fourth-order valence-electron chi connectivity index (χ4n) is 3.63. The van der Waals surface area contributed by atoms with Crippen LogP contribution in [-0.2, 0) is 9.59 Å². The summed E-state index contributed by atoms with van der Waals surface area (Å²) in [6.45, 7) is 4.92. The van der Waals surface area contributed by atoms with E-state index in [1.807, 2.05) is 36.1 Å². The molecular weight excluding hydrogens is 332 g/mol. The lowest BCUT2D eigenvalue weighted by Crippen LogP contribution is -2.51. The van der Waals surface area contributed by atoms with E-state index in [1.165, 1.54) is 0 Å². The Morgan fingerprint density at radius 3 is 2.46 bits per heavy atom. The molecule has 140 valence electrons. The quantitative estimate of drug-likeness (QED) is 0.842. The highest BCUT2D eigenvalue weighted by Gasteiger charge is 2.33. The van der Waals surface area contributed by atoms with Crippen LogP contribution in [-0.4, -0.2) is 83.5 Å². The number of nitrogens with zero attached hydrogens (tertiary/aromatic N) is 3. The monoisotopic (exact) mass is 358 g/mol. The molecule has 0 aliphatic carbocycles. The zero-order chi connectivity index (χ0) is 18.8. The summed E-state index contributed by atoms with van der Waals surface area (Å²) in [6, 6.07) is 7.13. The lowest BCUT2D eigenvalue weighted by Gasteiger charge is -2.37. The van der Waals surface area contributed by atoms with Gasteiger partial charge in [-0.3, -0.25) is 19.4 Å². The van der Waals surface area contributed by atoms with Crippen molar-refractivity contribution in [3.63, 3.8) is 0 Å². The smallest absolute Gasteiger partial charge is 0.325 e. The first kappa shape index (κ1) is 18.4. The number of hydrogen-bond acceptors (Lipinski definition) is 4. The van der Waals surface area contributed by atoms with E-state index in [9.17, 15) is 14.7 Å². The number of hydrogen-bond donors (Lipinski definition) is 2. The average Bonchev–Trinajstić information content (AvgIpc) is 2.92. The molecule has 7 nitrogen and oxygen atoms in total. The van der Waals surface area contributed by atoms with Crippen molar-refractivity contribution in [2.24, 2.45) is 0 Å². The summed E-state index contributed by atoms with van der Waals surface area (Å²) in [6.07, 6.45) is 0. The van der Waals surface area contributed by atoms with Crippen LogP contribution in [0.2, 0.25) is 0 Å². The minimum absolute atomic E-state index is 0.0701. The number of aliphatic carboxylic acids is 1. The molecular formula is C19H26N4O3. The summed E-state index contributed by atoms with van der Waals surface area (Å²) in [5.41, 5.74) is 2.69. The van der Waals surface area contributed by atoms with E-state index in [-0.39, 0.29) is 5.91 Å². The molecule has 7 heteroatoms. The number of benzene rings is 1. The standard InChI is InChI=1S/C19H26N4O3/c1-13-17(14-6-4-5-7-15(14)20-13)18(19(25)26)23-10-8-22(9-11-23)12-16(24)21(2)3/h4-7,18,20H,8-12H2,1-3H3,(H,25,26). The molecule has 26 heavy (non-hydrogen) atoms. The van der Waals surface area contributed by atoms with Crippen molar-refractivity contribution in [1.82, 2.24) is 19.7 Å². The van der Waals surface area contributed by atoms with Gasteiger partial charge in [0.25, 0.3) is 0 Å². The van der Waals surface area contributed by atoms with Crippen LogP contribution in [0, 0.1) is 6.92 Å². The molecule has 0 saturated carbocycles. The van der Waals surface area contributed by atoms with Gasteiger partial charge in [0.1, 0.15) is 6.04 Å². The maximum Gasteiger partial charge on any atom is 0.325 e. The maximum absolute atomic E-state index is 12.1. The van der Waals surface area contributed by atoms with Crippen molar-refractivity contribution < 1.29 is 14.7 Å². The lowest BCUT2D eigenvalue weighted by molar-refractivity contribution is -0.145. The van der Waals surface area contributed by atoms with Crippen molar-refractivity contribution in [3.8, 4) is 0 Å². The Morgan fingerprint density at radius 2 is 1.85 bits per heavy atom. The Hall–Kier alpha value is -2.38. The highest BCUT2D eigenvalue weighted by Crippen LogP contribution is 2.32. The van der Waals surface area contributed by atoms with Gasteiger partial charge in [-0.05, 0) is 13.0 Å². The normalized spacial score (nSPS) is 17.3. The highest BCUT2D eigenvalue weighted by molar-refractivity contribution is 5.90. The Kier molecular flexibility index (Phi) is 5.29. The van der Waals surface area contributed by atoms with Crippen molar-refractivity contribution in [3.05, 3.63) is 35.5 Å². The first-order valence-corrected chi connectivity index (χ1v) is 8.85. The number of amides is 1. The summed E-state index contributed by atoms with van der Waals surface area (Å²) in [4.78, 5) is 33.0. The first-order chi connectivity index (χ1) is 12.4. The van der Waals surface area contributed by atoms with Gasteiger partial charge in [-0.1, -0.05) is 18.2 Å². The number of carbonyl (C=O) groups is 2. The van der Waals surface area contributed by atoms with Gasteiger partial charge in [0.05, 0.1) is 6.54 Å². The van der Waals surface area contributed by atoms with Gasteiger partial charge in [-0.2, -0.15) is 0 Å². The Labute approximate surface area is 153 Å².